The molecule has 0 bridgehead atoms. The average Bonchev–Trinajstić information content (AvgIpc) is 3.86. The normalized spacial score (nSPS) is 21.8. The van der Waals surface area contributed by atoms with Gasteiger partial charge in [0.15, 0.2) is 11.3 Å². The van der Waals surface area contributed by atoms with Gasteiger partial charge in [-0.2, -0.15) is 13.2 Å². The van der Waals surface area contributed by atoms with Crippen molar-refractivity contribution >= 4 is 0 Å². The number of rotatable bonds is 9. The number of halogens is 4. The lowest BCUT2D eigenvalue weighted by atomic mass is 9.88. The van der Waals surface area contributed by atoms with Gasteiger partial charge in [0.25, 0.3) is 0 Å². The lowest BCUT2D eigenvalue weighted by Crippen LogP contribution is -2.51. The summed E-state index contributed by atoms with van der Waals surface area (Å²) in [5.74, 6) is 0.224. The Bertz CT molecular complexity index is 1470. The molecule has 1 aliphatic heterocycles. The molecule has 6 rings (SSSR count). The zero-order valence-corrected chi connectivity index (χ0v) is 22.9. The Morgan fingerprint density at radius 2 is 1.85 bits per heavy atom. The Balaban J connectivity index is 1.32. The summed E-state index contributed by atoms with van der Waals surface area (Å²) >= 11 is 0. The van der Waals surface area contributed by atoms with Crippen molar-refractivity contribution in [3.05, 3.63) is 76.2 Å². The number of aromatic nitrogens is 1. The first-order valence-corrected chi connectivity index (χ1v) is 13.9. The lowest BCUT2D eigenvalue weighted by Gasteiger charge is -2.27. The van der Waals surface area contributed by atoms with E-state index in [0.717, 1.165) is 37.0 Å². The van der Waals surface area contributed by atoms with Gasteiger partial charge < -0.3 is 20.3 Å². The van der Waals surface area contributed by atoms with Crippen LogP contribution in [0.2, 0.25) is 0 Å². The summed E-state index contributed by atoms with van der Waals surface area (Å²) in [6, 6.07) is 11.2. The molecule has 3 aliphatic rings. The number of benzene rings is 2. The van der Waals surface area contributed by atoms with E-state index in [1.165, 1.54) is 18.2 Å². The van der Waals surface area contributed by atoms with Gasteiger partial charge in [0, 0.05) is 29.3 Å². The van der Waals surface area contributed by atoms with Gasteiger partial charge in [0.2, 0.25) is 0 Å². The van der Waals surface area contributed by atoms with Crippen LogP contribution in [0.25, 0.3) is 11.3 Å². The number of fused-ring (bicyclic) bond motifs is 1. The van der Waals surface area contributed by atoms with Crippen molar-refractivity contribution in [2.24, 2.45) is 11.7 Å². The molecule has 3 aromatic rings. The largest absolute Gasteiger partial charge is 0.490 e. The molecule has 10 heteroatoms. The smallest absolute Gasteiger partial charge is 0.414 e. The summed E-state index contributed by atoms with van der Waals surface area (Å²) in [5.41, 5.74) is 6.07. The van der Waals surface area contributed by atoms with Crippen LogP contribution in [0.3, 0.4) is 0 Å². The third-order valence-electron chi connectivity index (χ3n) is 8.29. The van der Waals surface area contributed by atoms with Crippen molar-refractivity contribution in [1.82, 2.24) is 10.3 Å². The van der Waals surface area contributed by atoms with Gasteiger partial charge in [0.1, 0.15) is 30.1 Å². The highest BCUT2D eigenvalue weighted by atomic mass is 19.4. The molecule has 4 N–H and O–H groups in total. The summed E-state index contributed by atoms with van der Waals surface area (Å²) in [6.07, 6.45) is -1.61. The van der Waals surface area contributed by atoms with Crippen LogP contribution in [0.4, 0.5) is 17.6 Å². The van der Waals surface area contributed by atoms with Crippen LogP contribution < -0.4 is 20.5 Å². The fourth-order valence-corrected chi connectivity index (χ4v) is 5.41. The van der Waals surface area contributed by atoms with Crippen LogP contribution >= 0.6 is 0 Å². The summed E-state index contributed by atoms with van der Waals surface area (Å²) in [5, 5.41) is 14.1. The minimum absolute atomic E-state index is 0.0360. The first-order chi connectivity index (χ1) is 19.4. The number of alkyl halides is 3. The van der Waals surface area contributed by atoms with Crippen LogP contribution in [0, 0.1) is 25.6 Å². The molecule has 2 aromatic carbocycles. The van der Waals surface area contributed by atoms with Gasteiger partial charge in [0.05, 0.1) is 6.10 Å². The molecule has 2 unspecified atom stereocenters. The van der Waals surface area contributed by atoms with Crippen molar-refractivity contribution in [2.75, 3.05) is 13.2 Å². The van der Waals surface area contributed by atoms with E-state index in [0.29, 0.717) is 22.4 Å². The summed E-state index contributed by atoms with van der Waals surface area (Å²) in [4.78, 5) is 4.80. The highest BCUT2D eigenvalue weighted by Gasteiger charge is 2.59. The highest BCUT2D eigenvalue weighted by molar-refractivity contribution is 5.71. The first-order valence-electron chi connectivity index (χ1n) is 13.9. The van der Waals surface area contributed by atoms with E-state index in [-0.39, 0.29) is 41.5 Å². The average molecular weight is 572 g/mol. The van der Waals surface area contributed by atoms with Gasteiger partial charge in [-0.25, -0.2) is 9.37 Å². The van der Waals surface area contributed by atoms with Crippen molar-refractivity contribution in [1.29, 1.82) is 0 Å². The van der Waals surface area contributed by atoms with Gasteiger partial charge in [-0.15, -0.1) is 0 Å². The Labute approximate surface area is 235 Å². The van der Waals surface area contributed by atoms with Crippen LogP contribution in [-0.2, 0) is 5.54 Å². The van der Waals surface area contributed by atoms with Gasteiger partial charge in [-0.1, -0.05) is 6.07 Å². The maximum absolute atomic E-state index is 14.2. The van der Waals surface area contributed by atoms with E-state index in [2.05, 4.69) is 5.32 Å². The van der Waals surface area contributed by atoms with Crippen LogP contribution in [0.1, 0.15) is 65.8 Å². The molecule has 1 aromatic heterocycles. The molecule has 0 amide bonds. The number of hydrogen-bond acceptors (Lipinski definition) is 6. The molecule has 0 saturated heterocycles. The van der Waals surface area contributed by atoms with Gasteiger partial charge in [-0.3, -0.25) is 5.32 Å². The molecule has 0 radical (unpaired) electrons. The molecule has 2 fully saturated rings. The van der Waals surface area contributed by atoms with Crippen molar-refractivity contribution < 1.29 is 32.1 Å². The fourth-order valence-electron chi connectivity index (χ4n) is 5.41. The number of nitrogens with zero attached hydrogens (tertiary/aromatic N) is 1. The van der Waals surface area contributed by atoms with E-state index in [9.17, 15) is 22.7 Å². The number of nitrogens with two attached hydrogens (primary N) is 1. The third-order valence-corrected chi connectivity index (χ3v) is 8.29. The van der Waals surface area contributed by atoms with E-state index in [1.807, 2.05) is 19.1 Å². The Kier molecular flexibility index (Phi) is 6.99. The Morgan fingerprint density at radius 3 is 2.49 bits per heavy atom. The molecule has 2 saturated carbocycles. The van der Waals surface area contributed by atoms with Crippen molar-refractivity contribution in [3.8, 4) is 22.8 Å². The molecule has 2 heterocycles. The minimum Gasteiger partial charge on any atom is -0.490 e. The number of pyridine rings is 1. The minimum atomic E-state index is -4.76. The molecule has 6 nitrogen and oxygen atoms in total. The second-order valence-corrected chi connectivity index (χ2v) is 11.6. The van der Waals surface area contributed by atoms with Crippen LogP contribution in [0.15, 0.2) is 42.5 Å². The summed E-state index contributed by atoms with van der Waals surface area (Å²) < 4.78 is 68.2. The van der Waals surface area contributed by atoms with Gasteiger partial charge in [-0.05, 0) is 98.5 Å². The zero-order chi connectivity index (χ0) is 29.1. The lowest BCUT2D eigenvalue weighted by molar-refractivity contribution is -0.191. The van der Waals surface area contributed by atoms with Crippen molar-refractivity contribution in [3.63, 3.8) is 0 Å². The maximum atomic E-state index is 14.2. The molecular formula is C31H33F4N3O3. The number of hydrogen-bond donors (Lipinski definition) is 3. The molecule has 0 spiro atoms. The number of nitrogens with one attached hydrogen (secondary N) is 1. The second-order valence-electron chi connectivity index (χ2n) is 11.6. The van der Waals surface area contributed by atoms with E-state index in [4.69, 9.17) is 20.2 Å². The summed E-state index contributed by atoms with van der Waals surface area (Å²) in [6.45, 7) is 3.02. The molecule has 2 aliphatic carbocycles. The zero-order valence-electron chi connectivity index (χ0n) is 22.9. The molecule has 41 heavy (non-hydrogen) atoms. The second kappa shape index (κ2) is 10.3. The van der Waals surface area contributed by atoms with E-state index >= 15 is 0 Å². The topological polar surface area (TPSA) is 89.6 Å². The molecule has 218 valence electrons. The standard InChI is InChI=1S/C31H33F4N3O3/c1-16-11-19(5-9-24(16)32)27-28-23(30(36,15-40-28)31(33,34)35)13-25(38-27)22(18-3-4-18)14-37-29(39)20-6-10-26(17(2)12-20)41-21-7-8-21/h5-6,9-13,18,21-22,29,37,39H,3-4,7-8,14-15,36H2,1-2H3/t22-,29?,30?/m0/s1. The van der Waals surface area contributed by atoms with E-state index in [1.54, 1.807) is 19.1 Å². The molecule has 3 atom stereocenters. The van der Waals surface area contributed by atoms with Crippen LogP contribution in [-0.4, -0.2) is 35.5 Å². The monoisotopic (exact) mass is 571 g/mol. The first kappa shape index (κ1) is 27.9. The SMILES string of the molecule is Cc1cc(-c2nc([C@@H](CNC(O)c3ccc(OC4CC4)c(C)c3)C3CC3)cc3c2OCC3(N)C(F)(F)F)ccc1F. The Hall–Kier alpha value is -3.21. The maximum Gasteiger partial charge on any atom is 0.414 e. The quantitative estimate of drug-likeness (QED) is 0.218. The highest BCUT2D eigenvalue weighted by Crippen LogP contribution is 2.51. The number of aliphatic hydroxyl groups excluding tert-OH is 1. The predicted octanol–water partition coefficient (Wildman–Crippen LogP) is 5.93. The summed E-state index contributed by atoms with van der Waals surface area (Å²) in [7, 11) is 0. The number of aliphatic hydroxyl groups is 1. The Morgan fingerprint density at radius 1 is 1.10 bits per heavy atom. The molecular weight excluding hydrogens is 538 g/mol. The predicted molar refractivity (Wildman–Crippen MR) is 145 cm³/mol. The fraction of sp³-hybridized carbons (Fsp3) is 0.452. The van der Waals surface area contributed by atoms with Crippen LogP contribution in [0.5, 0.6) is 11.5 Å². The van der Waals surface area contributed by atoms with Crippen molar-refractivity contribution in [2.45, 2.75) is 69.5 Å². The van der Waals surface area contributed by atoms with Gasteiger partial charge >= 0.3 is 6.18 Å². The number of ether oxygens (including phenoxy) is 2. The number of aryl methyl sites for hydroxylation is 2. The third kappa shape index (κ3) is 5.40. The van der Waals surface area contributed by atoms with E-state index < -0.39 is 30.4 Å².